The molecule has 19 heavy (non-hydrogen) atoms. The highest BCUT2D eigenvalue weighted by Gasteiger charge is 2.04. The van der Waals surface area contributed by atoms with E-state index in [9.17, 15) is 13.6 Å². The summed E-state index contributed by atoms with van der Waals surface area (Å²) in [5, 5.41) is 7.39. The van der Waals surface area contributed by atoms with Crippen molar-refractivity contribution < 1.29 is 23.4 Å². The van der Waals surface area contributed by atoms with E-state index in [4.69, 9.17) is 9.84 Å². The summed E-state index contributed by atoms with van der Waals surface area (Å²) >= 11 is 0. The first-order valence-electron chi connectivity index (χ1n) is 6.20. The molecular formula is C14H20F2O3. The maximum atomic E-state index is 11.3. The maximum Gasteiger partial charge on any atom is 0.338 e. The van der Waals surface area contributed by atoms with Gasteiger partial charge in [-0.1, -0.05) is 25.5 Å². The first kappa shape index (κ1) is 17.5. The molecule has 0 fully saturated rings. The molecule has 0 amide bonds. The summed E-state index contributed by atoms with van der Waals surface area (Å²) in [6, 6.07) is 7.61. The van der Waals surface area contributed by atoms with Crippen LogP contribution in [0.15, 0.2) is 24.3 Å². The van der Waals surface area contributed by atoms with Gasteiger partial charge in [-0.3, -0.25) is 0 Å². The van der Waals surface area contributed by atoms with Crippen molar-refractivity contribution in [3.05, 3.63) is 35.4 Å². The highest BCUT2D eigenvalue weighted by atomic mass is 19.3. The first-order chi connectivity index (χ1) is 9.04. The Morgan fingerprint density at radius 3 is 2.16 bits per heavy atom. The van der Waals surface area contributed by atoms with Crippen molar-refractivity contribution in [1.82, 2.24) is 0 Å². The Kier molecular flexibility index (Phi) is 9.62. The number of halogens is 2. The van der Waals surface area contributed by atoms with Crippen LogP contribution >= 0.6 is 0 Å². The van der Waals surface area contributed by atoms with E-state index in [0.29, 0.717) is 12.2 Å². The second kappa shape index (κ2) is 10.4. The largest absolute Gasteiger partial charge is 0.462 e. The van der Waals surface area contributed by atoms with E-state index in [1.54, 1.807) is 0 Å². The molecule has 0 radical (unpaired) electrons. The lowest BCUT2D eigenvalue weighted by Crippen LogP contribution is -2.04. The molecule has 108 valence electrons. The molecule has 0 aliphatic rings. The number of benzene rings is 1. The molecule has 0 unspecified atom stereocenters. The summed E-state index contributed by atoms with van der Waals surface area (Å²) in [6.45, 7) is 3.35. The molecular weight excluding hydrogens is 254 g/mol. The second-order valence-corrected chi connectivity index (χ2v) is 3.74. The summed E-state index contributed by atoms with van der Waals surface area (Å²) in [4.78, 5) is 11.3. The molecule has 0 bridgehead atoms. The average molecular weight is 274 g/mol. The highest BCUT2D eigenvalue weighted by Crippen LogP contribution is 2.07. The highest BCUT2D eigenvalue weighted by molar-refractivity contribution is 5.89. The molecule has 1 aromatic carbocycles. The molecule has 1 rings (SSSR count). The lowest BCUT2D eigenvalue weighted by molar-refractivity contribution is 0.0526. The fraction of sp³-hybridized carbons (Fsp3) is 0.500. The first-order valence-corrected chi connectivity index (χ1v) is 6.20. The number of hydrogen-bond donors (Lipinski definition) is 1. The summed E-state index contributed by atoms with van der Waals surface area (Å²) < 4.78 is 25.9. The Morgan fingerprint density at radius 2 is 1.79 bits per heavy atom. The predicted octanol–water partition coefficient (Wildman–Crippen LogP) is 3.06. The van der Waals surface area contributed by atoms with Gasteiger partial charge in [0.15, 0.2) is 0 Å². The van der Waals surface area contributed by atoms with Crippen LogP contribution in [0, 0.1) is 0 Å². The minimum absolute atomic E-state index is 0.240. The van der Waals surface area contributed by atoms with Gasteiger partial charge in [0, 0.05) is 0 Å². The van der Waals surface area contributed by atoms with Crippen molar-refractivity contribution >= 4 is 5.97 Å². The van der Waals surface area contributed by atoms with Crippen LogP contribution < -0.4 is 0 Å². The quantitative estimate of drug-likeness (QED) is 0.839. The van der Waals surface area contributed by atoms with Gasteiger partial charge >= 0.3 is 5.97 Å². The molecule has 0 aromatic heterocycles. The van der Waals surface area contributed by atoms with Gasteiger partial charge < -0.3 is 9.84 Å². The Bertz CT molecular complexity index is 350. The molecule has 0 aliphatic carbocycles. The molecule has 0 atom stereocenters. The number of alkyl halides is 2. The van der Waals surface area contributed by atoms with Gasteiger partial charge in [0.25, 0.3) is 6.43 Å². The Morgan fingerprint density at radius 1 is 1.26 bits per heavy atom. The summed E-state index contributed by atoms with van der Waals surface area (Å²) in [5.41, 5.74) is 1.90. The molecule has 0 aliphatic heterocycles. The average Bonchev–Trinajstić information content (AvgIpc) is 2.41. The number of hydrogen-bond acceptors (Lipinski definition) is 3. The van der Waals surface area contributed by atoms with Crippen LogP contribution in [0.1, 0.15) is 36.2 Å². The molecule has 1 N–H and O–H groups in total. The fourth-order valence-electron chi connectivity index (χ4n) is 1.31. The summed E-state index contributed by atoms with van der Waals surface area (Å²) in [6.07, 6.45) is -0.378. The number of aliphatic hydroxyl groups is 1. The molecule has 0 saturated carbocycles. The van der Waals surface area contributed by atoms with Crippen molar-refractivity contribution in [2.75, 3.05) is 13.2 Å². The number of aryl methyl sites for hydroxylation is 1. The maximum absolute atomic E-state index is 11.3. The standard InChI is InChI=1S/C12H16O2.C2H4F2O/c1-3-5-10-6-8-11(9-7-10)12(13)14-4-2;3-2(4)1-5/h6-9H,3-5H2,1-2H3;2,5H,1H2. The SMILES string of the molecule is CCCc1ccc(C(=O)OCC)cc1.OCC(F)F. The number of carbonyl (C=O) groups is 1. The normalized spacial score (nSPS) is 9.79. The molecule has 3 nitrogen and oxygen atoms in total. The predicted molar refractivity (Wildman–Crippen MR) is 69.5 cm³/mol. The lowest BCUT2D eigenvalue weighted by atomic mass is 10.1. The smallest absolute Gasteiger partial charge is 0.338 e. The van der Waals surface area contributed by atoms with E-state index in [1.165, 1.54) is 5.56 Å². The monoisotopic (exact) mass is 274 g/mol. The van der Waals surface area contributed by atoms with Crippen molar-refractivity contribution in [2.45, 2.75) is 33.1 Å². The molecule has 0 saturated heterocycles. The third kappa shape index (κ3) is 8.26. The van der Waals surface area contributed by atoms with E-state index < -0.39 is 13.0 Å². The Balaban J connectivity index is 0.000000555. The van der Waals surface area contributed by atoms with E-state index in [0.717, 1.165) is 12.8 Å². The number of rotatable bonds is 5. The van der Waals surface area contributed by atoms with Crippen LogP contribution in [0.3, 0.4) is 0 Å². The van der Waals surface area contributed by atoms with Crippen LogP contribution in [0.5, 0.6) is 0 Å². The van der Waals surface area contributed by atoms with Gasteiger partial charge in [-0.05, 0) is 31.0 Å². The number of esters is 1. The zero-order chi connectivity index (χ0) is 14.7. The van der Waals surface area contributed by atoms with Crippen molar-refractivity contribution in [2.24, 2.45) is 0 Å². The Hall–Kier alpha value is -1.49. The van der Waals surface area contributed by atoms with E-state index in [-0.39, 0.29) is 5.97 Å². The van der Waals surface area contributed by atoms with Gasteiger partial charge in [-0.2, -0.15) is 0 Å². The third-order valence-corrected chi connectivity index (χ3v) is 2.14. The van der Waals surface area contributed by atoms with Crippen molar-refractivity contribution in [1.29, 1.82) is 0 Å². The molecule has 1 aromatic rings. The number of carbonyl (C=O) groups excluding carboxylic acids is 1. The lowest BCUT2D eigenvalue weighted by Gasteiger charge is -2.02. The molecule has 0 heterocycles. The topological polar surface area (TPSA) is 46.5 Å². The second-order valence-electron chi connectivity index (χ2n) is 3.74. The molecule has 0 spiro atoms. The van der Waals surface area contributed by atoms with Crippen LogP contribution in [-0.2, 0) is 11.2 Å². The van der Waals surface area contributed by atoms with Gasteiger partial charge in [-0.25, -0.2) is 13.6 Å². The fourth-order valence-corrected chi connectivity index (χ4v) is 1.31. The van der Waals surface area contributed by atoms with Crippen LogP contribution in [-0.4, -0.2) is 30.7 Å². The minimum Gasteiger partial charge on any atom is -0.462 e. The van der Waals surface area contributed by atoms with E-state index in [2.05, 4.69) is 6.92 Å². The van der Waals surface area contributed by atoms with E-state index in [1.807, 2.05) is 31.2 Å². The van der Waals surface area contributed by atoms with Gasteiger partial charge in [0.1, 0.15) is 6.61 Å². The van der Waals surface area contributed by atoms with E-state index >= 15 is 0 Å². The van der Waals surface area contributed by atoms with Crippen molar-refractivity contribution in [3.8, 4) is 0 Å². The number of aliphatic hydroxyl groups excluding tert-OH is 1. The third-order valence-electron chi connectivity index (χ3n) is 2.14. The zero-order valence-electron chi connectivity index (χ0n) is 11.2. The molecule has 5 heteroatoms. The summed E-state index contributed by atoms with van der Waals surface area (Å²) in [7, 11) is 0. The Labute approximate surface area is 112 Å². The zero-order valence-corrected chi connectivity index (χ0v) is 11.2. The van der Waals surface area contributed by atoms with Crippen LogP contribution in [0.2, 0.25) is 0 Å². The van der Waals surface area contributed by atoms with Crippen LogP contribution in [0.25, 0.3) is 0 Å². The van der Waals surface area contributed by atoms with Crippen molar-refractivity contribution in [3.63, 3.8) is 0 Å². The van der Waals surface area contributed by atoms with Gasteiger partial charge in [0.05, 0.1) is 12.2 Å². The summed E-state index contributed by atoms with van der Waals surface area (Å²) in [5.74, 6) is -0.240. The van der Waals surface area contributed by atoms with Gasteiger partial charge in [-0.15, -0.1) is 0 Å². The minimum atomic E-state index is -2.56. The number of ether oxygens (including phenoxy) is 1. The van der Waals surface area contributed by atoms with Gasteiger partial charge in [0.2, 0.25) is 0 Å². The van der Waals surface area contributed by atoms with Crippen LogP contribution in [0.4, 0.5) is 8.78 Å².